The number of benzene rings is 1. The van der Waals surface area contributed by atoms with Crippen LogP contribution in [-0.2, 0) is 11.2 Å². The quantitative estimate of drug-likeness (QED) is 0.819. The Morgan fingerprint density at radius 1 is 0.862 bits per heavy atom. The van der Waals surface area contributed by atoms with Gasteiger partial charge in [-0.25, -0.2) is 0 Å². The normalized spacial score (nSPS) is 27.9. The molecule has 2 aliphatic heterocycles. The maximum atomic E-state index is 13.3. The van der Waals surface area contributed by atoms with Crippen molar-refractivity contribution in [2.75, 3.05) is 26.2 Å². The molecule has 4 rings (SSSR count). The Hall–Kier alpha value is -1.35. The molecule has 160 valence electrons. The molecule has 2 saturated heterocycles. The number of piperidine rings is 2. The molecule has 2 heterocycles. The van der Waals surface area contributed by atoms with Crippen LogP contribution in [0.1, 0.15) is 76.2 Å². The van der Waals surface area contributed by atoms with E-state index in [1.807, 2.05) is 0 Å². The number of carbonyl (C=O) groups is 1. The summed E-state index contributed by atoms with van der Waals surface area (Å²) in [7, 11) is 0. The van der Waals surface area contributed by atoms with Gasteiger partial charge in [-0.15, -0.1) is 0 Å². The number of amides is 1. The Balaban J connectivity index is 1.26. The summed E-state index contributed by atoms with van der Waals surface area (Å²) in [6, 6.07) is 11.7. The lowest BCUT2D eigenvalue weighted by atomic mass is 9.88. The second-order valence-electron chi connectivity index (χ2n) is 9.95. The lowest BCUT2D eigenvalue weighted by molar-refractivity contribution is -0.933. The van der Waals surface area contributed by atoms with Crippen LogP contribution < -0.4 is 4.90 Å². The van der Waals surface area contributed by atoms with Crippen molar-refractivity contribution in [1.29, 1.82) is 0 Å². The van der Waals surface area contributed by atoms with Crippen LogP contribution in [0.15, 0.2) is 30.3 Å². The third-order valence-electron chi connectivity index (χ3n) is 7.88. The van der Waals surface area contributed by atoms with Crippen molar-refractivity contribution < 1.29 is 9.69 Å². The predicted molar refractivity (Wildman–Crippen MR) is 119 cm³/mol. The number of hydrogen-bond donors (Lipinski definition) is 1. The van der Waals surface area contributed by atoms with E-state index >= 15 is 0 Å². The van der Waals surface area contributed by atoms with E-state index in [-0.39, 0.29) is 5.92 Å². The molecule has 1 amide bonds. The highest BCUT2D eigenvalue weighted by molar-refractivity contribution is 5.79. The lowest BCUT2D eigenvalue weighted by Gasteiger charge is -2.39. The zero-order valence-corrected chi connectivity index (χ0v) is 18.3. The van der Waals surface area contributed by atoms with Gasteiger partial charge in [0.15, 0.2) is 0 Å². The largest absolute Gasteiger partial charge is 0.342 e. The minimum absolute atomic E-state index is 0.287. The van der Waals surface area contributed by atoms with Crippen LogP contribution in [0.5, 0.6) is 0 Å². The number of rotatable bonds is 4. The van der Waals surface area contributed by atoms with E-state index in [2.05, 4.69) is 35.2 Å². The van der Waals surface area contributed by atoms with Gasteiger partial charge in [-0.3, -0.25) is 4.79 Å². The highest BCUT2D eigenvalue weighted by Gasteiger charge is 2.36. The van der Waals surface area contributed by atoms with Crippen LogP contribution in [0.3, 0.4) is 0 Å². The molecule has 2 atom stereocenters. The summed E-state index contributed by atoms with van der Waals surface area (Å²) in [5, 5.41) is 0. The van der Waals surface area contributed by atoms with Crippen molar-refractivity contribution >= 4 is 5.91 Å². The Morgan fingerprint density at radius 2 is 1.55 bits per heavy atom. The van der Waals surface area contributed by atoms with Gasteiger partial charge in [-0.1, -0.05) is 49.6 Å². The fourth-order valence-corrected chi connectivity index (χ4v) is 6.11. The third-order valence-corrected chi connectivity index (χ3v) is 7.88. The van der Waals surface area contributed by atoms with Crippen molar-refractivity contribution in [3.8, 4) is 0 Å². The van der Waals surface area contributed by atoms with Crippen LogP contribution >= 0.6 is 0 Å². The summed E-state index contributed by atoms with van der Waals surface area (Å²) in [5.41, 5.74) is 1.45. The Labute approximate surface area is 177 Å². The van der Waals surface area contributed by atoms with Gasteiger partial charge in [0.2, 0.25) is 5.91 Å². The summed E-state index contributed by atoms with van der Waals surface area (Å²) in [6.07, 6.45) is 15.7. The van der Waals surface area contributed by atoms with E-state index in [0.717, 1.165) is 38.0 Å². The Morgan fingerprint density at radius 3 is 2.28 bits per heavy atom. The molecule has 0 radical (unpaired) electrons. The molecule has 0 bridgehead atoms. The molecule has 0 spiro atoms. The molecule has 1 aliphatic carbocycles. The molecule has 1 aromatic rings. The summed E-state index contributed by atoms with van der Waals surface area (Å²) < 4.78 is 0. The predicted octanol–water partition coefficient (Wildman–Crippen LogP) is 3.88. The Bertz CT molecular complexity index is 615. The maximum Gasteiger partial charge on any atom is 0.231 e. The van der Waals surface area contributed by atoms with E-state index < -0.39 is 0 Å². The van der Waals surface area contributed by atoms with Gasteiger partial charge in [0, 0.05) is 13.1 Å². The number of nitrogens with one attached hydrogen (secondary N) is 1. The average Bonchev–Trinajstić information content (AvgIpc) is 2.74. The van der Waals surface area contributed by atoms with Gasteiger partial charge in [-0.05, 0) is 69.3 Å². The molecule has 1 unspecified atom stereocenters. The summed E-state index contributed by atoms with van der Waals surface area (Å²) >= 11 is 0. The molecule has 1 N–H and O–H groups in total. The van der Waals surface area contributed by atoms with Gasteiger partial charge < -0.3 is 9.80 Å². The van der Waals surface area contributed by atoms with Gasteiger partial charge in [0.05, 0.1) is 25.0 Å². The number of quaternary nitrogens is 1. The van der Waals surface area contributed by atoms with E-state index in [0.29, 0.717) is 5.91 Å². The minimum atomic E-state index is 0.287. The first-order valence-corrected chi connectivity index (χ1v) is 12.5. The van der Waals surface area contributed by atoms with Crippen LogP contribution in [0.25, 0.3) is 0 Å². The van der Waals surface area contributed by atoms with Crippen molar-refractivity contribution in [1.82, 2.24) is 4.90 Å². The SMILES string of the molecule is O=C([C@H]1CCC[NH+](C2CCCCCCC2)C1)N1CCC(Cc2ccccc2)CC1. The molecule has 3 fully saturated rings. The second kappa shape index (κ2) is 10.6. The van der Waals surface area contributed by atoms with Crippen LogP contribution in [0.2, 0.25) is 0 Å². The lowest BCUT2D eigenvalue weighted by Crippen LogP contribution is -3.17. The fraction of sp³-hybridized carbons (Fsp3) is 0.731. The monoisotopic (exact) mass is 397 g/mol. The molecule has 29 heavy (non-hydrogen) atoms. The molecule has 3 heteroatoms. The highest BCUT2D eigenvalue weighted by Crippen LogP contribution is 2.24. The van der Waals surface area contributed by atoms with Crippen LogP contribution in [-0.4, -0.2) is 43.0 Å². The minimum Gasteiger partial charge on any atom is -0.342 e. The van der Waals surface area contributed by atoms with Gasteiger partial charge >= 0.3 is 0 Å². The number of likely N-dealkylation sites (tertiary alicyclic amines) is 2. The second-order valence-corrected chi connectivity index (χ2v) is 9.95. The van der Waals surface area contributed by atoms with Crippen molar-refractivity contribution in [3.63, 3.8) is 0 Å². The van der Waals surface area contributed by atoms with Crippen LogP contribution in [0.4, 0.5) is 0 Å². The van der Waals surface area contributed by atoms with Crippen molar-refractivity contribution in [2.45, 2.75) is 83.1 Å². The van der Waals surface area contributed by atoms with Gasteiger partial charge in [0.25, 0.3) is 0 Å². The molecular weight excluding hydrogens is 356 g/mol. The number of nitrogens with zero attached hydrogens (tertiary/aromatic N) is 1. The topological polar surface area (TPSA) is 24.8 Å². The molecule has 3 aliphatic rings. The van der Waals surface area contributed by atoms with Crippen molar-refractivity contribution in [2.24, 2.45) is 11.8 Å². The molecular formula is C26H41N2O+. The molecule has 1 saturated carbocycles. The maximum absolute atomic E-state index is 13.3. The number of carbonyl (C=O) groups excluding carboxylic acids is 1. The van der Waals surface area contributed by atoms with Crippen molar-refractivity contribution in [3.05, 3.63) is 35.9 Å². The summed E-state index contributed by atoms with van der Waals surface area (Å²) in [5.74, 6) is 1.51. The standard InChI is InChI=1S/C26H40N2O/c29-26(27-18-15-23(16-19-27)20-22-10-5-4-6-11-22)24-12-9-17-28(21-24)25-13-7-2-1-3-8-14-25/h4-6,10-11,23-25H,1-3,7-9,12-21H2/p+1/t24-/m0/s1. The fourth-order valence-electron chi connectivity index (χ4n) is 6.11. The first kappa shape index (κ1) is 20.9. The van der Waals surface area contributed by atoms with E-state index in [1.165, 1.54) is 82.7 Å². The molecule has 3 nitrogen and oxygen atoms in total. The van der Waals surface area contributed by atoms with Crippen LogP contribution in [0, 0.1) is 11.8 Å². The zero-order valence-electron chi connectivity index (χ0n) is 18.3. The third kappa shape index (κ3) is 5.84. The van der Waals surface area contributed by atoms with Gasteiger partial charge in [-0.2, -0.15) is 0 Å². The molecule has 0 aromatic heterocycles. The number of hydrogen-bond acceptors (Lipinski definition) is 1. The van der Waals surface area contributed by atoms with E-state index in [4.69, 9.17) is 0 Å². The average molecular weight is 398 g/mol. The smallest absolute Gasteiger partial charge is 0.231 e. The van der Waals surface area contributed by atoms with E-state index in [1.54, 1.807) is 4.90 Å². The first-order chi connectivity index (χ1) is 14.3. The summed E-state index contributed by atoms with van der Waals surface area (Å²) in [6.45, 7) is 4.36. The van der Waals surface area contributed by atoms with Gasteiger partial charge in [0.1, 0.15) is 0 Å². The zero-order chi connectivity index (χ0) is 19.9. The van der Waals surface area contributed by atoms with E-state index in [9.17, 15) is 4.79 Å². The first-order valence-electron chi connectivity index (χ1n) is 12.5. The summed E-state index contributed by atoms with van der Waals surface area (Å²) in [4.78, 5) is 17.3. The highest BCUT2D eigenvalue weighted by atomic mass is 16.2. The Kier molecular flexibility index (Phi) is 7.65. The molecule has 1 aromatic carbocycles.